The minimum absolute atomic E-state index is 0. The SMILES string of the molecule is Cc1ccc(-n2c(=N)sc3c(=O)nc(C)[n-]c32)cc1.[Na+]. The van der Waals surface area contributed by atoms with Gasteiger partial charge in [-0.15, -0.1) is 11.3 Å². The Morgan fingerprint density at radius 2 is 1.90 bits per heavy atom. The maximum Gasteiger partial charge on any atom is 1.00 e. The van der Waals surface area contributed by atoms with Crippen molar-refractivity contribution in [2.24, 2.45) is 0 Å². The van der Waals surface area contributed by atoms with E-state index in [9.17, 15) is 4.79 Å². The van der Waals surface area contributed by atoms with Gasteiger partial charge in [-0.2, -0.15) is 0 Å². The maximum absolute atomic E-state index is 11.8. The third kappa shape index (κ3) is 2.52. The van der Waals surface area contributed by atoms with Crippen LogP contribution in [0.1, 0.15) is 11.4 Å². The second-order valence-electron chi connectivity index (χ2n) is 4.31. The first-order valence-corrected chi connectivity index (χ1v) is 6.57. The molecule has 0 bridgehead atoms. The molecule has 0 saturated heterocycles. The summed E-state index contributed by atoms with van der Waals surface area (Å²) in [5.74, 6) is 0.427. The largest absolute Gasteiger partial charge is 1.00 e. The van der Waals surface area contributed by atoms with Gasteiger partial charge in [0.1, 0.15) is 4.80 Å². The van der Waals surface area contributed by atoms with Crippen LogP contribution >= 0.6 is 11.3 Å². The van der Waals surface area contributed by atoms with Crippen LogP contribution in [-0.4, -0.2) is 9.55 Å². The normalized spacial score (nSPS) is 10.5. The quantitative estimate of drug-likeness (QED) is 0.556. The number of aromatic nitrogens is 3. The molecule has 7 heteroatoms. The van der Waals surface area contributed by atoms with Gasteiger partial charge in [-0.1, -0.05) is 29.8 Å². The van der Waals surface area contributed by atoms with Crippen LogP contribution in [0, 0.1) is 19.3 Å². The molecular formula is C13H11N4NaOS. The van der Waals surface area contributed by atoms with Crippen molar-refractivity contribution in [1.82, 2.24) is 14.5 Å². The van der Waals surface area contributed by atoms with Crippen LogP contribution in [0.2, 0.25) is 0 Å². The number of rotatable bonds is 1. The summed E-state index contributed by atoms with van der Waals surface area (Å²) in [4.78, 5) is 20.2. The number of hydrogen-bond donors (Lipinski definition) is 1. The third-order valence-electron chi connectivity index (χ3n) is 2.83. The van der Waals surface area contributed by atoms with Gasteiger partial charge in [-0.3, -0.25) is 10.2 Å². The van der Waals surface area contributed by atoms with Gasteiger partial charge in [0.25, 0.3) is 0 Å². The number of hydrogen-bond acceptors (Lipinski definition) is 4. The van der Waals surface area contributed by atoms with Crippen LogP contribution in [0.5, 0.6) is 0 Å². The van der Waals surface area contributed by atoms with E-state index in [2.05, 4.69) is 9.97 Å². The minimum Gasteiger partial charge on any atom is -0.362 e. The van der Waals surface area contributed by atoms with E-state index in [4.69, 9.17) is 5.41 Å². The Morgan fingerprint density at radius 1 is 1.25 bits per heavy atom. The molecule has 0 saturated carbocycles. The number of benzene rings is 1. The average Bonchev–Trinajstić information content (AvgIpc) is 2.67. The molecule has 20 heavy (non-hydrogen) atoms. The smallest absolute Gasteiger partial charge is 0.362 e. The van der Waals surface area contributed by atoms with Crippen LogP contribution in [0.15, 0.2) is 29.1 Å². The zero-order valence-electron chi connectivity index (χ0n) is 11.5. The molecule has 0 aliphatic carbocycles. The van der Waals surface area contributed by atoms with Crippen LogP contribution in [0.25, 0.3) is 16.0 Å². The van der Waals surface area contributed by atoms with E-state index < -0.39 is 0 Å². The van der Waals surface area contributed by atoms with Crippen LogP contribution in [0.4, 0.5) is 0 Å². The molecule has 5 nitrogen and oxygen atoms in total. The molecule has 0 atom stereocenters. The fraction of sp³-hybridized carbons (Fsp3) is 0.154. The van der Waals surface area contributed by atoms with Gasteiger partial charge in [0, 0.05) is 5.65 Å². The molecule has 1 N–H and O–H groups in total. The summed E-state index contributed by atoms with van der Waals surface area (Å²) in [5, 5.41) is 8.03. The molecule has 0 radical (unpaired) electrons. The summed E-state index contributed by atoms with van der Waals surface area (Å²) >= 11 is 1.11. The van der Waals surface area contributed by atoms with Crippen molar-refractivity contribution in [3.8, 4) is 5.69 Å². The van der Waals surface area contributed by atoms with E-state index in [0.29, 0.717) is 16.2 Å². The number of nitrogens with one attached hydrogen (secondary N) is 1. The molecule has 2 aromatic heterocycles. The zero-order valence-corrected chi connectivity index (χ0v) is 14.3. The van der Waals surface area contributed by atoms with E-state index >= 15 is 0 Å². The van der Waals surface area contributed by atoms with Crippen molar-refractivity contribution in [3.05, 3.63) is 50.8 Å². The van der Waals surface area contributed by atoms with Gasteiger partial charge in [-0.25, -0.2) is 0 Å². The van der Waals surface area contributed by atoms with E-state index in [0.717, 1.165) is 22.6 Å². The molecule has 0 spiro atoms. The van der Waals surface area contributed by atoms with Crippen molar-refractivity contribution in [1.29, 1.82) is 5.41 Å². The zero-order chi connectivity index (χ0) is 13.6. The third-order valence-corrected chi connectivity index (χ3v) is 3.77. The van der Waals surface area contributed by atoms with Gasteiger partial charge in [0.05, 0.1) is 4.70 Å². The Morgan fingerprint density at radius 3 is 2.55 bits per heavy atom. The first-order chi connectivity index (χ1) is 9.06. The van der Waals surface area contributed by atoms with Crippen molar-refractivity contribution >= 4 is 21.7 Å². The van der Waals surface area contributed by atoms with E-state index in [-0.39, 0.29) is 39.9 Å². The minimum atomic E-state index is -0.313. The topological polar surface area (TPSA) is 72.8 Å². The number of aryl methyl sites for hydroxylation is 2. The first-order valence-electron chi connectivity index (χ1n) is 5.75. The Bertz CT molecular complexity index is 876. The Hall–Kier alpha value is -1.21. The van der Waals surface area contributed by atoms with Crippen LogP contribution < -0.4 is 44.9 Å². The van der Waals surface area contributed by atoms with Crippen molar-refractivity contribution in [2.45, 2.75) is 13.8 Å². The maximum atomic E-state index is 11.8. The van der Waals surface area contributed by atoms with E-state index in [1.807, 2.05) is 31.2 Å². The Kier molecular flexibility index (Phi) is 4.29. The van der Waals surface area contributed by atoms with Crippen molar-refractivity contribution in [3.63, 3.8) is 0 Å². The Labute approximate surface area is 141 Å². The van der Waals surface area contributed by atoms with Gasteiger partial charge < -0.3 is 14.5 Å². The summed E-state index contributed by atoms with van der Waals surface area (Å²) in [6, 6.07) is 7.78. The molecule has 1 aromatic carbocycles. The van der Waals surface area contributed by atoms with Gasteiger partial charge >= 0.3 is 29.6 Å². The molecule has 3 aromatic rings. The standard InChI is InChI=1S/C13H12N4OS.Na/c1-7-3-5-9(6-4-7)17-11-10(19-13(17)14)12(18)16-8(2)15-11;/h3-6,14H,1-2H3,(H,15,16,18);/q;+1/p-1. The van der Waals surface area contributed by atoms with Crippen LogP contribution in [-0.2, 0) is 0 Å². The average molecular weight is 294 g/mol. The van der Waals surface area contributed by atoms with Crippen molar-refractivity contribution < 1.29 is 29.6 Å². The molecule has 2 heterocycles. The fourth-order valence-corrected chi connectivity index (χ4v) is 2.77. The van der Waals surface area contributed by atoms with Gasteiger partial charge in [0.15, 0.2) is 0 Å². The predicted molar refractivity (Wildman–Crippen MR) is 73.9 cm³/mol. The summed E-state index contributed by atoms with van der Waals surface area (Å²) in [7, 11) is 0. The summed E-state index contributed by atoms with van der Waals surface area (Å²) < 4.78 is 2.10. The molecule has 0 unspecified atom stereocenters. The second kappa shape index (κ2) is 5.65. The molecular weight excluding hydrogens is 283 g/mol. The summed E-state index contributed by atoms with van der Waals surface area (Å²) in [6.45, 7) is 3.69. The summed E-state index contributed by atoms with van der Waals surface area (Å²) in [6.07, 6.45) is 0. The van der Waals surface area contributed by atoms with E-state index in [1.165, 1.54) is 0 Å². The molecule has 0 aliphatic heterocycles. The van der Waals surface area contributed by atoms with Gasteiger partial charge in [-0.05, 0) is 25.4 Å². The molecule has 3 rings (SSSR count). The van der Waals surface area contributed by atoms with Crippen molar-refractivity contribution in [2.75, 3.05) is 0 Å². The predicted octanol–water partition coefficient (Wildman–Crippen LogP) is -1.50. The molecule has 0 aliphatic rings. The number of fused-ring (bicyclic) bond motifs is 1. The van der Waals surface area contributed by atoms with Gasteiger partial charge in [0.2, 0.25) is 5.56 Å². The fourth-order valence-electron chi connectivity index (χ4n) is 1.94. The second-order valence-corrected chi connectivity index (χ2v) is 5.31. The van der Waals surface area contributed by atoms with E-state index in [1.54, 1.807) is 11.5 Å². The first kappa shape index (κ1) is 15.2. The van der Waals surface area contributed by atoms with Crippen LogP contribution in [0.3, 0.4) is 0 Å². The molecule has 0 fully saturated rings. The monoisotopic (exact) mass is 294 g/mol. The molecule has 0 amide bonds. The number of nitrogens with zero attached hydrogens (tertiary/aromatic N) is 3. The summed E-state index contributed by atoms with van der Waals surface area (Å²) in [5.41, 5.74) is 2.17. The molecule has 96 valence electrons. The number of thiazole rings is 1. The Balaban J connectivity index is 0.00000147.